The van der Waals surface area contributed by atoms with Crippen LogP contribution < -0.4 is 5.32 Å². The van der Waals surface area contributed by atoms with Crippen LogP contribution >= 0.6 is 11.6 Å². The molecule has 0 saturated carbocycles. The number of rotatable bonds is 6. The Morgan fingerprint density at radius 2 is 2.00 bits per heavy atom. The molecule has 26 heavy (non-hydrogen) atoms. The van der Waals surface area contributed by atoms with E-state index in [2.05, 4.69) is 15.4 Å². The summed E-state index contributed by atoms with van der Waals surface area (Å²) in [6, 6.07) is 7.94. The number of carbonyl (C=O) groups excluding carboxylic acids is 1. The number of aryl methyl sites for hydroxylation is 1. The molecule has 0 aliphatic carbocycles. The second-order valence-corrected chi connectivity index (χ2v) is 7.56. The molecule has 1 saturated heterocycles. The summed E-state index contributed by atoms with van der Waals surface area (Å²) in [6.45, 7) is 8.34. The van der Waals surface area contributed by atoms with E-state index in [1.165, 1.54) is 12.8 Å². The zero-order chi connectivity index (χ0) is 18.7. The van der Waals surface area contributed by atoms with Crippen LogP contribution in [0, 0.1) is 6.92 Å². The lowest BCUT2D eigenvalue weighted by Crippen LogP contribution is -2.37. The van der Waals surface area contributed by atoms with Crippen LogP contribution in [0.2, 0.25) is 5.02 Å². The normalized spacial score (nSPS) is 16.2. The van der Waals surface area contributed by atoms with Gasteiger partial charge < -0.3 is 9.84 Å². The topological polar surface area (TPSA) is 58.4 Å². The summed E-state index contributed by atoms with van der Waals surface area (Å²) in [7, 11) is 0. The van der Waals surface area contributed by atoms with Crippen LogP contribution in [-0.2, 0) is 0 Å². The smallest absolute Gasteiger partial charge is 0.256 e. The third-order valence-electron chi connectivity index (χ3n) is 4.94. The van der Waals surface area contributed by atoms with Gasteiger partial charge in [0, 0.05) is 17.5 Å². The summed E-state index contributed by atoms with van der Waals surface area (Å²) >= 11 is 6.44. The zero-order valence-corrected chi connectivity index (χ0v) is 16.3. The maximum absolute atomic E-state index is 12.8. The van der Waals surface area contributed by atoms with Crippen molar-refractivity contribution in [3.8, 4) is 0 Å². The number of nitrogens with one attached hydrogen (secondary N) is 1. The summed E-state index contributed by atoms with van der Waals surface area (Å²) in [5.74, 6) is 0.606. The standard InChI is InChI=1S/C20H26ClN3O2/c1-13(2)19-18(14(3)23-26-19)20(25)22-12-17(24-10-6-7-11-24)15-8-4-5-9-16(15)21/h4-5,8-9,13,17H,6-7,10-12H2,1-3H3,(H,22,25). The fourth-order valence-corrected chi connectivity index (χ4v) is 3.83. The molecule has 1 aromatic heterocycles. The summed E-state index contributed by atoms with van der Waals surface area (Å²) in [6.07, 6.45) is 2.36. The molecule has 0 radical (unpaired) electrons. The van der Waals surface area contributed by atoms with Gasteiger partial charge in [0.2, 0.25) is 0 Å². The molecule has 1 aliphatic rings. The average molecular weight is 376 g/mol. The van der Waals surface area contributed by atoms with Gasteiger partial charge in [0.25, 0.3) is 5.91 Å². The SMILES string of the molecule is Cc1noc(C(C)C)c1C(=O)NCC(c1ccccc1Cl)N1CCCC1. The third-order valence-corrected chi connectivity index (χ3v) is 5.29. The van der Waals surface area contributed by atoms with Crippen LogP contribution in [0.15, 0.2) is 28.8 Å². The van der Waals surface area contributed by atoms with Gasteiger partial charge in [-0.1, -0.05) is 48.8 Å². The van der Waals surface area contributed by atoms with Crippen LogP contribution in [0.3, 0.4) is 0 Å². The van der Waals surface area contributed by atoms with E-state index in [-0.39, 0.29) is 17.9 Å². The van der Waals surface area contributed by atoms with Gasteiger partial charge in [-0.15, -0.1) is 0 Å². The first kappa shape index (κ1) is 18.9. The highest BCUT2D eigenvalue weighted by Gasteiger charge is 2.27. The van der Waals surface area contributed by atoms with E-state index in [0.29, 0.717) is 23.6 Å². The molecule has 1 aliphatic heterocycles. The molecule has 0 bridgehead atoms. The van der Waals surface area contributed by atoms with Gasteiger partial charge in [-0.05, 0) is 44.5 Å². The van der Waals surface area contributed by atoms with Gasteiger partial charge in [-0.25, -0.2) is 0 Å². The van der Waals surface area contributed by atoms with E-state index >= 15 is 0 Å². The highest BCUT2D eigenvalue weighted by Crippen LogP contribution is 2.30. The number of nitrogens with zero attached hydrogens (tertiary/aromatic N) is 2. The Labute approximate surface area is 159 Å². The number of carbonyl (C=O) groups is 1. The lowest BCUT2D eigenvalue weighted by atomic mass is 10.0. The minimum atomic E-state index is -0.135. The van der Waals surface area contributed by atoms with Gasteiger partial charge in [0.15, 0.2) is 5.76 Å². The molecule has 1 atom stereocenters. The van der Waals surface area contributed by atoms with Crippen molar-refractivity contribution in [2.45, 2.75) is 45.6 Å². The minimum Gasteiger partial charge on any atom is -0.360 e. The number of halogens is 1. The van der Waals surface area contributed by atoms with Crippen molar-refractivity contribution in [2.75, 3.05) is 19.6 Å². The first-order chi connectivity index (χ1) is 12.5. The van der Waals surface area contributed by atoms with Crippen LogP contribution in [0.5, 0.6) is 0 Å². The average Bonchev–Trinajstić information content (AvgIpc) is 3.26. The Morgan fingerprint density at radius 1 is 1.31 bits per heavy atom. The maximum Gasteiger partial charge on any atom is 0.256 e. The summed E-state index contributed by atoms with van der Waals surface area (Å²) in [5, 5.41) is 7.79. The van der Waals surface area contributed by atoms with Gasteiger partial charge in [0.1, 0.15) is 5.56 Å². The molecule has 140 valence electrons. The van der Waals surface area contributed by atoms with Crippen molar-refractivity contribution in [2.24, 2.45) is 0 Å². The van der Waals surface area contributed by atoms with E-state index < -0.39 is 0 Å². The Bertz CT molecular complexity index is 766. The molecule has 6 heteroatoms. The van der Waals surface area contributed by atoms with Crippen molar-refractivity contribution >= 4 is 17.5 Å². The Balaban J connectivity index is 1.79. The van der Waals surface area contributed by atoms with E-state index in [1.54, 1.807) is 6.92 Å². The number of hydrogen-bond acceptors (Lipinski definition) is 4. The number of likely N-dealkylation sites (tertiary alicyclic amines) is 1. The quantitative estimate of drug-likeness (QED) is 0.816. The molecular formula is C20H26ClN3O2. The predicted octanol–water partition coefficient (Wildman–Crippen LogP) is 4.33. The van der Waals surface area contributed by atoms with Crippen molar-refractivity contribution in [3.63, 3.8) is 0 Å². The summed E-state index contributed by atoms with van der Waals surface area (Å²) in [5.41, 5.74) is 2.24. The molecule has 1 N–H and O–H groups in total. The molecule has 1 amide bonds. The molecule has 1 unspecified atom stereocenters. The van der Waals surface area contributed by atoms with Crippen molar-refractivity contribution in [1.82, 2.24) is 15.4 Å². The fourth-order valence-electron chi connectivity index (χ4n) is 3.57. The lowest BCUT2D eigenvalue weighted by molar-refractivity contribution is 0.0935. The maximum atomic E-state index is 12.8. The second kappa shape index (κ2) is 8.23. The molecule has 1 fully saturated rings. The van der Waals surface area contributed by atoms with Crippen LogP contribution in [0.4, 0.5) is 0 Å². The van der Waals surface area contributed by atoms with Gasteiger partial charge >= 0.3 is 0 Å². The number of benzene rings is 1. The van der Waals surface area contributed by atoms with E-state index in [4.69, 9.17) is 16.1 Å². The molecular weight excluding hydrogens is 350 g/mol. The fraction of sp³-hybridized carbons (Fsp3) is 0.500. The highest BCUT2D eigenvalue weighted by atomic mass is 35.5. The zero-order valence-electron chi connectivity index (χ0n) is 15.6. The Morgan fingerprint density at radius 3 is 2.65 bits per heavy atom. The van der Waals surface area contributed by atoms with Crippen LogP contribution in [-0.4, -0.2) is 35.6 Å². The highest BCUT2D eigenvalue weighted by molar-refractivity contribution is 6.31. The predicted molar refractivity (Wildman–Crippen MR) is 103 cm³/mol. The van der Waals surface area contributed by atoms with E-state index in [1.807, 2.05) is 38.1 Å². The Kier molecular flexibility index (Phi) is 5.99. The van der Waals surface area contributed by atoms with Gasteiger partial charge in [-0.3, -0.25) is 9.69 Å². The summed E-state index contributed by atoms with van der Waals surface area (Å²) < 4.78 is 5.35. The van der Waals surface area contributed by atoms with Crippen molar-refractivity contribution < 1.29 is 9.32 Å². The first-order valence-corrected chi connectivity index (χ1v) is 9.59. The molecule has 0 spiro atoms. The van der Waals surface area contributed by atoms with Crippen molar-refractivity contribution in [1.29, 1.82) is 0 Å². The Hall–Kier alpha value is -1.85. The molecule has 2 aromatic rings. The minimum absolute atomic E-state index is 0.0674. The van der Waals surface area contributed by atoms with Crippen molar-refractivity contribution in [3.05, 3.63) is 51.9 Å². The second-order valence-electron chi connectivity index (χ2n) is 7.15. The van der Waals surface area contributed by atoms with Gasteiger partial charge in [0.05, 0.1) is 11.7 Å². The largest absolute Gasteiger partial charge is 0.360 e. The molecule has 5 nitrogen and oxygen atoms in total. The van der Waals surface area contributed by atoms with Crippen LogP contribution in [0.1, 0.15) is 66.0 Å². The van der Waals surface area contributed by atoms with E-state index in [9.17, 15) is 4.79 Å². The molecule has 1 aromatic carbocycles. The number of aromatic nitrogens is 1. The first-order valence-electron chi connectivity index (χ1n) is 9.22. The number of hydrogen-bond donors (Lipinski definition) is 1. The lowest BCUT2D eigenvalue weighted by Gasteiger charge is -2.29. The third kappa shape index (κ3) is 3.94. The van der Waals surface area contributed by atoms with E-state index in [0.717, 1.165) is 23.7 Å². The molecule has 2 heterocycles. The molecule has 3 rings (SSSR count). The van der Waals surface area contributed by atoms with Crippen LogP contribution in [0.25, 0.3) is 0 Å². The van der Waals surface area contributed by atoms with Gasteiger partial charge in [-0.2, -0.15) is 0 Å². The monoisotopic (exact) mass is 375 g/mol. The summed E-state index contributed by atoms with van der Waals surface area (Å²) in [4.78, 5) is 15.2. The number of amides is 1.